The highest BCUT2D eigenvalue weighted by Crippen LogP contribution is 2.30. The van der Waals surface area contributed by atoms with Crippen LogP contribution in [0.25, 0.3) is 0 Å². The number of carboxylic acids is 1. The van der Waals surface area contributed by atoms with Gasteiger partial charge < -0.3 is 20.8 Å². The van der Waals surface area contributed by atoms with Crippen molar-refractivity contribution in [2.75, 3.05) is 14.1 Å². The molecule has 0 amide bonds. The molecule has 1 aromatic rings. The minimum Gasteiger partial charge on any atom is -0.505 e. The lowest BCUT2D eigenvalue weighted by Crippen LogP contribution is -2.15. The van der Waals surface area contributed by atoms with Gasteiger partial charge in [0, 0.05) is 24.6 Å². The predicted octanol–water partition coefficient (Wildman–Crippen LogP) is 1.46. The van der Waals surface area contributed by atoms with E-state index in [2.05, 4.69) is 0 Å². The van der Waals surface area contributed by atoms with Gasteiger partial charge in [0.1, 0.15) is 0 Å². The zero-order chi connectivity index (χ0) is 14.6. The number of hydrogen-bond donors (Lipinski definition) is 3. The SMILES string of the molecule is CN(C)Cc1cc(F)c(O)c(C(N)CCC(=O)O)c1. The number of aliphatic carboxylic acids is 1. The van der Waals surface area contributed by atoms with Crippen LogP contribution in [0, 0.1) is 5.82 Å². The van der Waals surface area contributed by atoms with E-state index in [-0.39, 0.29) is 18.4 Å². The van der Waals surface area contributed by atoms with Crippen molar-refractivity contribution < 1.29 is 19.4 Å². The second kappa shape index (κ2) is 6.49. The van der Waals surface area contributed by atoms with Gasteiger partial charge >= 0.3 is 5.97 Å². The Balaban J connectivity index is 2.97. The molecule has 1 aromatic carbocycles. The van der Waals surface area contributed by atoms with E-state index in [1.165, 1.54) is 6.07 Å². The third-order valence-corrected chi connectivity index (χ3v) is 2.72. The molecule has 0 heterocycles. The Labute approximate surface area is 111 Å². The fraction of sp³-hybridized carbons (Fsp3) is 0.462. The molecule has 0 radical (unpaired) electrons. The lowest BCUT2D eigenvalue weighted by Gasteiger charge is -2.16. The number of phenols is 1. The van der Waals surface area contributed by atoms with Gasteiger partial charge in [0.05, 0.1) is 0 Å². The minimum absolute atomic E-state index is 0.125. The Morgan fingerprint density at radius 1 is 1.47 bits per heavy atom. The van der Waals surface area contributed by atoms with Crippen LogP contribution in [-0.4, -0.2) is 35.2 Å². The molecule has 5 nitrogen and oxygen atoms in total. The molecule has 0 aliphatic carbocycles. The summed E-state index contributed by atoms with van der Waals surface area (Å²) in [6, 6.07) is 2.17. The molecule has 19 heavy (non-hydrogen) atoms. The van der Waals surface area contributed by atoms with E-state index in [0.717, 1.165) is 0 Å². The van der Waals surface area contributed by atoms with Crippen molar-refractivity contribution in [2.45, 2.75) is 25.4 Å². The van der Waals surface area contributed by atoms with Crippen LogP contribution in [0.1, 0.15) is 30.0 Å². The smallest absolute Gasteiger partial charge is 0.303 e. The van der Waals surface area contributed by atoms with Crippen molar-refractivity contribution in [1.29, 1.82) is 0 Å². The molecule has 0 aliphatic heterocycles. The van der Waals surface area contributed by atoms with Crippen LogP contribution in [0.15, 0.2) is 12.1 Å². The second-order valence-electron chi connectivity index (χ2n) is 4.79. The quantitative estimate of drug-likeness (QED) is 0.728. The Morgan fingerprint density at radius 3 is 2.63 bits per heavy atom. The normalized spacial score (nSPS) is 12.7. The van der Waals surface area contributed by atoms with Crippen molar-refractivity contribution in [3.63, 3.8) is 0 Å². The van der Waals surface area contributed by atoms with E-state index in [1.54, 1.807) is 6.07 Å². The van der Waals surface area contributed by atoms with Crippen molar-refractivity contribution in [3.8, 4) is 5.75 Å². The molecular formula is C13H19FN2O3. The van der Waals surface area contributed by atoms with Gasteiger partial charge in [-0.1, -0.05) is 0 Å². The molecule has 0 bridgehead atoms. The molecule has 0 aliphatic rings. The average molecular weight is 270 g/mol. The van der Waals surface area contributed by atoms with Gasteiger partial charge in [0.15, 0.2) is 11.6 Å². The Morgan fingerprint density at radius 2 is 2.11 bits per heavy atom. The minimum atomic E-state index is -0.972. The first-order chi connectivity index (χ1) is 8.81. The van der Waals surface area contributed by atoms with Gasteiger partial charge in [0.25, 0.3) is 0 Å². The summed E-state index contributed by atoms with van der Waals surface area (Å²) < 4.78 is 13.6. The van der Waals surface area contributed by atoms with Gasteiger partial charge in [-0.15, -0.1) is 0 Å². The average Bonchev–Trinajstić information content (AvgIpc) is 2.29. The topological polar surface area (TPSA) is 86.8 Å². The van der Waals surface area contributed by atoms with Crippen molar-refractivity contribution in [2.24, 2.45) is 5.73 Å². The second-order valence-corrected chi connectivity index (χ2v) is 4.79. The Hall–Kier alpha value is -1.66. The van der Waals surface area contributed by atoms with E-state index < -0.39 is 23.6 Å². The fourth-order valence-corrected chi connectivity index (χ4v) is 1.85. The van der Waals surface area contributed by atoms with Crippen molar-refractivity contribution in [3.05, 3.63) is 29.1 Å². The van der Waals surface area contributed by atoms with E-state index >= 15 is 0 Å². The molecule has 0 saturated carbocycles. The van der Waals surface area contributed by atoms with Gasteiger partial charge in [-0.3, -0.25) is 4.79 Å². The summed E-state index contributed by atoms with van der Waals surface area (Å²) in [6.45, 7) is 0.510. The third-order valence-electron chi connectivity index (χ3n) is 2.72. The highest BCUT2D eigenvalue weighted by atomic mass is 19.1. The molecule has 1 atom stereocenters. The molecule has 4 N–H and O–H groups in total. The number of halogens is 1. The zero-order valence-electron chi connectivity index (χ0n) is 11.1. The largest absolute Gasteiger partial charge is 0.505 e. The Kier molecular flexibility index (Phi) is 5.26. The number of nitrogens with two attached hydrogens (primary N) is 1. The number of benzene rings is 1. The monoisotopic (exact) mass is 270 g/mol. The van der Waals surface area contributed by atoms with Gasteiger partial charge in [-0.25, -0.2) is 4.39 Å². The summed E-state index contributed by atoms with van der Waals surface area (Å²) in [5.41, 5.74) is 6.74. The van der Waals surface area contributed by atoms with E-state index in [9.17, 15) is 14.3 Å². The van der Waals surface area contributed by atoms with E-state index in [0.29, 0.717) is 12.1 Å². The summed E-state index contributed by atoms with van der Waals surface area (Å²) >= 11 is 0. The van der Waals surface area contributed by atoms with Crippen molar-refractivity contribution >= 4 is 5.97 Å². The number of rotatable bonds is 6. The molecule has 0 aromatic heterocycles. The summed E-state index contributed by atoms with van der Waals surface area (Å²) in [6.07, 6.45) is 0.0217. The first-order valence-electron chi connectivity index (χ1n) is 5.94. The number of carboxylic acid groups (broad SMARTS) is 1. The number of phenolic OH excluding ortho intramolecular Hbond substituents is 1. The van der Waals surface area contributed by atoms with Crippen molar-refractivity contribution in [1.82, 2.24) is 4.90 Å². The number of nitrogens with zero attached hydrogens (tertiary/aromatic N) is 1. The molecule has 6 heteroatoms. The van der Waals surface area contributed by atoms with Crippen LogP contribution >= 0.6 is 0 Å². The molecule has 1 rings (SSSR count). The zero-order valence-corrected chi connectivity index (χ0v) is 11.1. The maximum Gasteiger partial charge on any atom is 0.303 e. The summed E-state index contributed by atoms with van der Waals surface area (Å²) in [5, 5.41) is 18.3. The predicted molar refractivity (Wildman–Crippen MR) is 69.3 cm³/mol. The maximum atomic E-state index is 13.6. The first-order valence-corrected chi connectivity index (χ1v) is 5.94. The van der Waals surface area contributed by atoms with Crippen LogP contribution in [0.4, 0.5) is 4.39 Å². The number of hydrogen-bond acceptors (Lipinski definition) is 4. The highest BCUT2D eigenvalue weighted by Gasteiger charge is 2.17. The van der Waals surface area contributed by atoms with Crippen LogP contribution in [-0.2, 0) is 11.3 Å². The van der Waals surface area contributed by atoms with Crippen LogP contribution in [0.2, 0.25) is 0 Å². The standard InChI is InChI=1S/C13H19FN2O3/c1-16(2)7-8-5-9(13(19)10(14)6-8)11(15)3-4-12(17)18/h5-6,11,19H,3-4,7,15H2,1-2H3,(H,17,18). The third kappa shape index (κ3) is 4.50. The maximum absolute atomic E-state index is 13.6. The fourth-order valence-electron chi connectivity index (χ4n) is 1.85. The summed E-state index contributed by atoms with van der Waals surface area (Å²) in [5.74, 6) is -2.21. The van der Waals surface area contributed by atoms with Gasteiger partial charge in [0.2, 0.25) is 0 Å². The first kappa shape index (κ1) is 15.4. The van der Waals surface area contributed by atoms with E-state index in [1.807, 2.05) is 19.0 Å². The molecule has 0 saturated heterocycles. The molecule has 1 unspecified atom stereocenters. The highest BCUT2D eigenvalue weighted by molar-refractivity contribution is 5.66. The lowest BCUT2D eigenvalue weighted by molar-refractivity contribution is -0.137. The molecule has 106 valence electrons. The van der Waals surface area contributed by atoms with Crippen LogP contribution in [0.5, 0.6) is 5.75 Å². The van der Waals surface area contributed by atoms with Crippen LogP contribution in [0.3, 0.4) is 0 Å². The summed E-state index contributed by atoms with van der Waals surface area (Å²) in [7, 11) is 3.68. The van der Waals surface area contributed by atoms with Crippen LogP contribution < -0.4 is 5.73 Å². The molecular weight excluding hydrogens is 251 g/mol. The molecule has 0 spiro atoms. The van der Waals surface area contributed by atoms with E-state index in [4.69, 9.17) is 10.8 Å². The molecule has 0 fully saturated rings. The van der Waals surface area contributed by atoms with Gasteiger partial charge in [-0.05, 0) is 38.2 Å². The summed E-state index contributed by atoms with van der Waals surface area (Å²) in [4.78, 5) is 12.4. The number of aromatic hydroxyl groups is 1. The van der Waals surface area contributed by atoms with Gasteiger partial charge in [-0.2, -0.15) is 0 Å². The Bertz CT molecular complexity index is 463. The number of carbonyl (C=O) groups is 1. The lowest BCUT2D eigenvalue weighted by atomic mass is 9.99.